The fourth-order valence-corrected chi connectivity index (χ4v) is 7.00. The highest BCUT2D eigenvalue weighted by molar-refractivity contribution is 6.12. The van der Waals surface area contributed by atoms with Gasteiger partial charge in [-0.3, -0.25) is 9.36 Å². The van der Waals surface area contributed by atoms with E-state index in [-0.39, 0.29) is 5.56 Å². The summed E-state index contributed by atoms with van der Waals surface area (Å²) >= 11 is 0. The number of aryl methyl sites for hydroxylation is 1. The van der Waals surface area contributed by atoms with Crippen LogP contribution in [0, 0.1) is 6.92 Å². The summed E-state index contributed by atoms with van der Waals surface area (Å²) in [5.74, 6) is 0. The normalized spacial score (nSPS) is 11.8. The first-order chi connectivity index (χ1) is 21.7. The smallest absolute Gasteiger partial charge is 0.263 e. The van der Waals surface area contributed by atoms with Gasteiger partial charge in [-0.2, -0.15) is 0 Å². The third-order valence-electron chi connectivity index (χ3n) is 8.99. The molecule has 0 aliphatic carbocycles. The highest BCUT2D eigenvalue weighted by Gasteiger charge is 2.17. The molecule has 208 valence electrons. The summed E-state index contributed by atoms with van der Waals surface area (Å²) in [5.41, 5.74) is 8.59. The molecule has 44 heavy (non-hydrogen) atoms. The van der Waals surface area contributed by atoms with Gasteiger partial charge in [0, 0.05) is 50.2 Å². The maximum atomic E-state index is 13.9. The van der Waals surface area contributed by atoms with Gasteiger partial charge in [-0.05, 0) is 78.5 Å². The van der Waals surface area contributed by atoms with Gasteiger partial charge in [0.05, 0.1) is 22.1 Å². The molecule has 0 aliphatic rings. The van der Waals surface area contributed by atoms with Crippen LogP contribution in [0.1, 0.15) is 5.56 Å². The van der Waals surface area contributed by atoms with Crippen LogP contribution in [0.5, 0.6) is 0 Å². The lowest BCUT2D eigenvalue weighted by Gasteiger charge is -2.13. The van der Waals surface area contributed by atoms with Crippen LogP contribution >= 0.6 is 0 Å². The van der Waals surface area contributed by atoms with E-state index in [1.165, 1.54) is 32.6 Å². The number of hydrogen-bond donors (Lipinski definition) is 0. The van der Waals surface area contributed by atoms with Gasteiger partial charge in [0.25, 0.3) is 5.56 Å². The van der Waals surface area contributed by atoms with Crippen LogP contribution in [-0.2, 0) is 0 Å². The van der Waals surface area contributed by atoms with E-state index < -0.39 is 0 Å². The van der Waals surface area contributed by atoms with E-state index in [2.05, 4.69) is 125 Å². The minimum absolute atomic E-state index is 0.0203. The molecule has 3 heterocycles. The molecular weight excluding hydrogens is 538 g/mol. The number of nitrogens with zero attached hydrogens (tertiary/aromatic N) is 3. The summed E-state index contributed by atoms with van der Waals surface area (Å²) in [6.45, 7) is 2.07. The zero-order valence-corrected chi connectivity index (χ0v) is 24.1. The van der Waals surface area contributed by atoms with Gasteiger partial charge in [0.2, 0.25) is 0 Å². The average molecular weight is 566 g/mol. The Balaban J connectivity index is 1.30. The summed E-state index contributed by atoms with van der Waals surface area (Å²) in [5, 5.41) is 6.53. The molecular formula is C40H27N3O. The Kier molecular flexibility index (Phi) is 5.23. The van der Waals surface area contributed by atoms with E-state index in [1.54, 1.807) is 4.57 Å². The van der Waals surface area contributed by atoms with E-state index in [0.717, 1.165) is 39.0 Å². The molecule has 4 heteroatoms. The number of aromatic nitrogens is 3. The van der Waals surface area contributed by atoms with Crippen molar-refractivity contribution in [2.24, 2.45) is 0 Å². The number of hydrogen-bond acceptors (Lipinski definition) is 1. The van der Waals surface area contributed by atoms with Gasteiger partial charge in [-0.25, -0.2) is 0 Å². The lowest BCUT2D eigenvalue weighted by atomic mass is 10.1. The summed E-state index contributed by atoms with van der Waals surface area (Å²) in [6, 6.07) is 48.6. The Bertz CT molecular complexity index is 2580. The van der Waals surface area contributed by atoms with Gasteiger partial charge in [-0.15, -0.1) is 0 Å². The van der Waals surface area contributed by atoms with Crippen molar-refractivity contribution < 1.29 is 0 Å². The lowest BCUT2D eigenvalue weighted by molar-refractivity contribution is 0.996. The fraction of sp³-hybridized carbons (Fsp3) is 0.0250. The first-order valence-corrected chi connectivity index (χ1v) is 14.9. The van der Waals surface area contributed by atoms with Crippen LogP contribution in [0.2, 0.25) is 0 Å². The predicted molar refractivity (Wildman–Crippen MR) is 183 cm³/mol. The van der Waals surface area contributed by atoms with E-state index in [0.29, 0.717) is 5.39 Å². The predicted octanol–water partition coefficient (Wildman–Crippen LogP) is 9.49. The fourth-order valence-electron chi connectivity index (χ4n) is 7.00. The zero-order valence-electron chi connectivity index (χ0n) is 24.1. The van der Waals surface area contributed by atoms with Crippen molar-refractivity contribution in [1.29, 1.82) is 0 Å². The minimum Gasteiger partial charge on any atom is -0.309 e. The zero-order chi connectivity index (χ0) is 29.4. The van der Waals surface area contributed by atoms with Crippen molar-refractivity contribution in [3.8, 4) is 17.1 Å². The highest BCUT2D eigenvalue weighted by atomic mass is 16.1. The van der Waals surface area contributed by atoms with Crippen LogP contribution in [0.4, 0.5) is 0 Å². The molecule has 0 atom stereocenters. The summed E-state index contributed by atoms with van der Waals surface area (Å²) in [7, 11) is 0. The Morgan fingerprint density at radius 1 is 0.409 bits per heavy atom. The first-order valence-electron chi connectivity index (χ1n) is 14.9. The molecule has 6 aromatic carbocycles. The second-order valence-corrected chi connectivity index (χ2v) is 11.5. The number of fused-ring (bicyclic) bond motifs is 7. The molecule has 0 amide bonds. The van der Waals surface area contributed by atoms with Crippen molar-refractivity contribution in [3.63, 3.8) is 0 Å². The van der Waals surface area contributed by atoms with Crippen LogP contribution in [0.25, 0.3) is 71.4 Å². The van der Waals surface area contributed by atoms with Crippen LogP contribution in [0.15, 0.2) is 151 Å². The molecule has 0 fully saturated rings. The van der Waals surface area contributed by atoms with Crippen LogP contribution in [0.3, 0.4) is 0 Å². The van der Waals surface area contributed by atoms with Crippen LogP contribution in [-0.4, -0.2) is 13.7 Å². The van der Waals surface area contributed by atoms with Gasteiger partial charge < -0.3 is 9.13 Å². The average Bonchev–Trinajstić information content (AvgIpc) is 3.59. The molecule has 3 aromatic heterocycles. The van der Waals surface area contributed by atoms with Crippen molar-refractivity contribution >= 4 is 54.4 Å². The van der Waals surface area contributed by atoms with Crippen molar-refractivity contribution in [1.82, 2.24) is 13.7 Å². The van der Waals surface area contributed by atoms with Gasteiger partial charge in [0.15, 0.2) is 0 Å². The topological polar surface area (TPSA) is 31.9 Å². The third-order valence-corrected chi connectivity index (χ3v) is 8.99. The Hall–Kier alpha value is -5.87. The minimum atomic E-state index is -0.0203. The van der Waals surface area contributed by atoms with E-state index in [9.17, 15) is 4.79 Å². The molecule has 0 spiro atoms. The number of para-hydroxylation sites is 4. The maximum absolute atomic E-state index is 13.9. The summed E-state index contributed by atoms with van der Waals surface area (Å²) < 4.78 is 6.40. The summed E-state index contributed by atoms with van der Waals surface area (Å²) in [6.07, 6.45) is 1.94. The Morgan fingerprint density at radius 2 is 0.886 bits per heavy atom. The van der Waals surface area contributed by atoms with Crippen molar-refractivity contribution in [3.05, 3.63) is 162 Å². The van der Waals surface area contributed by atoms with Crippen molar-refractivity contribution in [2.75, 3.05) is 0 Å². The molecule has 9 aromatic rings. The second kappa shape index (κ2) is 9.32. The van der Waals surface area contributed by atoms with E-state index in [1.807, 2.05) is 36.5 Å². The maximum Gasteiger partial charge on any atom is 0.263 e. The monoisotopic (exact) mass is 565 g/mol. The first kappa shape index (κ1) is 24.7. The molecule has 4 nitrogen and oxygen atoms in total. The quantitative estimate of drug-likeness (QED) is 0.210. The Labute approximate surface area is 253 Å². The number of rotatable bonds is 3. The van der Waals surface area contributed by atoms with Crippen molar-refractivity contribution in [2.45, 2.75) is 6.92 Å². The third kappa shape index (κ3) is 3.48. The number of pyridine rings is 1. The molecule has 0 radical (unpaired) electrons. The lowest BCUT2D eigenvalue weighted by Crippen LogP contribution is -2.18. The number of benzene rings is 6. The standard InChI is InChI=1S/C40H27N3O/c1-26-25-41(27-11-3-2-4-12-27)40(44)35-24-28(19-21-30(26)35)43-38-18-10-7-15-33(38)34-23-29(20-22-39(34)43)42-36-16-8-5-13-31(36)32-14-6-9-17-37(32)42/h2-25H,1H3. The highest BCUT2D eigenvalue weighted by Crippen LogP contribution is 2.37. The largest absolute Gasteiger partial charge is 0.309 e. The SMILES string of the molecule is Cc1cn(-c2ccccc2)c(=O)c2cc(-n3c4ccccc4c4cc(-n5c6ccccc6c6ccccc65)ccc43)ccc12. The molecule has 0 aliphatic heterocycles. The van der Waals surface area contributed by atoms with Gasteiger partial charge in [-0.1, -0.05) is 78.9 Å². The van der Waals surface area contributed by atoms with E-state index in [4.69, 9.17) is 0 Å². The van der Waals surface area contributed by atoms with Gasteiger partial charge >= 0.3 is 0 Å². The van der Waals surface area contributed by atoms with E-state index >= 15 is 0 Å². The molecule has 0 unspecified atom stereocenters. The summed E-state index contributed by atoms with van der Waals surface area (Å²) in [4.78, 5) is 13.9. The molecule has 0 bridgehead atoms. The second-order valence-electron chi connectivity index (χ2n) is 11.5. The Morgan fingerprint density at radius 3 is 1.50 bits per heavy atom. The van der Waals surface area contributed by atoms with Gasteiger partial charge in [0.1, 0.15) is 0 Å². The van der Waals surface area contributed by atoms with Crippen LogP contribution < -0.4 is 5.56 Å². The molecule has 0 saturated heterocycles. The molecule has 9 rings (SSSR count). The molecule has 0 N–H and O–H groups in total. The molecule has 0 saturated carbocycles.